The zero-order valence-electron chi connectivity index (χ0n) is 6.42. The van der Waals surface area contributed by atoms with Crippen molar-refractivity contribution in [3.8, 4) is 5.75 Å². The molecule has 1 heterocycles. The van der Waals surface area contributed by atoms with Crippen LogP contribution < -0.4 is 4.87 Å². The summed E-state index contributed by atoms with van der Waals surface area (Å²) >= 11 is 1.17. The summed E-state index contributed by atoms with van der Waals surface area (Å²) in [7, 11) is 0. The summed E-state index contributed by atoms with van der Waals surface area (Å²) in [5.74, 6) is 0.189. The largest absolute Gasteiger partial charge is 0.508 e. The van der Waals surface area contributed by atoms with Crippen LogP contribution >= 0.6 is 11.3 Å². The van der Waals surface area contributed by atoms with Crippen LogP contribution in [0.15, 0.2) is 16.9 Å². The quantitative estimate of drug-likeness (QED) is 0.648. The summed E-state index contributed by atoms with van der Waals surface area (Å²) in [6.45, 7) is 1.87. The minimum Gasteiger partial charge on any atom is -0.508 e. The van der Waals surface area contributed by atoms with Crippen LogP contribution in [0.3, 0.4) is 0 Å². The highest BCUT2D eigenvalue weighted by Crippen LogP contribution is 2.23. The molecule has 2 aromatic rings. The Labute approximate surface area is 72.3 Å². The van der Waals surface area contributed by atoms with Crippen molar-refractivity contribution in [2.24, 2.45) is 0 Å². The first-order valence-corrected chi connectivity index (χ1v) is 4.31. The van der Waals surface area contributed by atoms with E-state index in [-0.39, 0.29) is 10.6 Å². The molecule has 3 nitrogen and oxygen atoms in total. The fourth-order valence-corrected chi connectivity index (χ4v) is 2.00. The van der Waals surface area contributed by atoms with Crippen molar-refractivity contribution in [3.05, 3.63) is 27.4 Å². The smallest absolute Gasteiger partial charge is 0.305 e. The second-order valence-electron chi connectivity index (χ2n) is 2.65. The van der Waals surface area contributed by atoms with Crippen LogP contribution in [0.2, 0.25) is 0 Å². The summed E-state index contributed by atoms with van der Waals surface area (Å²) in [4.78, 5) is 13.5. The average molecular weight is 181 g/mol. The number of thiazole rings is 1. The summed E-state index contributed by atoms with van der Waals surface area (Å²) in [6, 6.07) is 3.20. The number of aromatic amines is 1. The topological polar surface area (TPSA) is 53.1 Å². The van der Waals surface area contributed by atoms with E-state index in [2.05, 4.69) is 4.98 Å². The summed E-state index contributed by atoms with van der Waals surface area (Å²) < 4.78 is 0.915. The maximum atomic E-state index is 10.9. The van der Waals surface area contributed by atoms with Gasteiger partial charge in [0.15, 0.2) is 0 Å². The summed E-state index contributed by atoms with van der Waals surface area (Å²) in [5, 5.41) is 9.20. The van der Waals surface area contributed by atoms with E-state index in [1.165, 1.54) is 11.3 Å². The number of rotatable bonds is 0. The van der Waals surface area contributed by atoms with E-state index in [9.17, 15) is 9.90 Å². The van der Waals surface area contributed by atoms with Gasteiger partial charge in [-0.05, 0) is 18.6 Å². The highest BCUT2D eigenvalue weighted by atomic mass is 32.1. The highest BCUT2D eigenvalue weighted by Gasteiger charge is 2.03. The third-order valence-corrected chi connectivity index (χ3v) is 2.72. The van der Waals surface area contributed by atoms with Crippen molar-refractivity contribution >= 4 is 21.6 Å². The molecule has 0 atom stereocenters. The fraction of sp³-hybridized carbons (Fsp3) is 0.125. The number of hydrogen-bond acceptors (Lipinski definition) is 3. The molecule has 62 valence electrons. The fourth-order valence-electron chi connectivity index (χ4n) is 1.21. The highest BCUT2D eigenvalue weighted by molar-refractivity contribution is 7.16. The van der Waals surface area contributed by atoms with Gasteiger partial charge < -0.3 is 10.1 Å². The third-order valence-electron chi connectivity index (χ3n) is 1.69. The first-order chi connectivity index (χ1) is 5.66. The number of nitrogens with one attached hydrogen (secondary N) is 1. The van der Waals surface area contributed by atoms with Crippen molar-refractivity contribution in [1.29, 1.82) is 0 Å². The van der Waals surface area contributed by atoms with Gasteiger partial charge in [-0.1, -0.05) is 11.3 Å². The van der Waals surface area contributed by atoms with Gasteiger partial charge in [-0.25, -0.2) is 0 Å². The van der Waals surface area contributed by atoms with E-state index in [4.69, 9.17) is 0 Å². The molecule has 0 aliphatic heterocycles. The molecule has 12 heavy (non-hydrogen) atoms. The maximum absolute atomic E-state index is 10.9. The molecule has 0 fully saturated rings. The number of hydrogen-bond donors (Lipinski definition) is 2. The van der Waals surface area contributed by atoms with Crippen molar-refractivity contribution in [1.82, 2.24) is 4.98 Å². The van der Waals surface area contributed by atoms with Crippen LogP contribution in [0.1, 0.15) is 5.56 Å². The van der Waals surface area contributed by atoms with Gasteiger partial charge in [0.25, 0.3) is 0 Å². The number of aryl methyl sites for hydroxylation is 1. The van der Waals surface area contributed by atoms with Crippen molar-refractivity contribution in [3.63, 3.8) is 0 Å². The van der Waals surface area contributed by atoms with E-state index in [0.717, 1.165) is 10.3 Å². The Bertz CT molecular complexity index is 483. The van der Waals surface area contributed by atoms with Gasteiger partial charge >= 0.3 is 4.87 Å². The van der Waals surface area contributed by atoms with Gasteiger partial charge in [0, 0.05) is 6.07 Å². The lowest BCUT2D eigenvalue weighted by atomic mass is 10.2. The number of aromatic nitrogens is 1. The minimum atomic E-state index is -0.0845. The average Bonchev–Trinajstić information content (AvgIpc) is 2.29. The number of phenolic OH excluding ortho intramolecular Hbond substituents is 1. The van der Waals surface area contributed by atoms with Crippen LogP contribution in [-0.4, -0.2) is 10.1 Å². The van der Waals surface area contributed by atoms with Crippen molar-refractivity contribution in [2.45, 2.75) is 6.92 Å². The van der Waals surface area contributed by atoms with E-state index in [0.29, 0.717) is 5.52 Å². The Morgan fingerprint density at radius 2 is 2.25 bits per heavy atom. The van der Waals surface area contributed by atoms with Crippen LogP contribution in [0.5, 0.6) is 5.75 Å². The van der Waals surface area contributed by atoms with Crippen LogP contribution in [0, 0.1) is 6.92 Å². The Hall–Kier alpha value is -1.29. The van der Waals surface area contributed by atoms with E-state index in [1.807, 2.05) is 6.92 Å². The standard InChI is InChI=1S/C8H7NO2S/c1-4-2-5(10)3-6-7(4)12-8(11)9-6/h2-3,10H,1H3,(H,9,11). The predicted molar refractivity (Wildman–Crippen MR) is 48.8 cm³/mol. The molecule has 0 saturated heterocycles. The van der Waals surface area contributed by atoms with Crippen LogP contribution in [-0.2, 0) is 0 Å². The Morgan fingerprint density at radius 1 is 1.50 bits per heavy atom. The molecule has 0 unspecified atom stereocenters. The molecule has 1 aromatic heterocycles. The molecule has 0 amide bonds. The molecular formula is C8H7NO2S. The summed E-state index contributed by atoms with van der Waals surface area (Å²) in [6.07, 6.45) is 0. The van der Waals surface area contributed by atoms with Gasteiger partial charge in [0.05, 0.1) is 10.2 Å². The number of aromatic hydroxyl groups is 1. The molecular weight excluding hydrogens is 174 g/mol. The first kappa shape index (κ1) is 7.36. The molecule has 0 spiro atoms. The van der Waals surface area contributed by atoms with Crippen LogP contribution in [0.25, 0.3) is 10.2 Å². The number of benzene rings is 1. The van der Waals surface area contributed by atoms with Crippen LogP contribution in [0.4, 0.5) is 0 Å². The molecule has 4 heteroatoms. The van der Waals surface area contributed by atoms with Crippen molar-refractivity contribution < 1.29 is 5.11 Å². The summed E-state index contributed by atoms with van der Waals surface area (Å²) in [5.41, 5.74) is 1.64. The maximum Gasteiger partial charge on any atom is 0.305 e. The minimum absolute atomic E-state index is 0.0845. The monoisotopic (exact) mass is 181 g/mol. The molecule has 2 N–H and O–H groups in total. The number of fused-ring (bicyclic) bond motifs is 1. The van der Waals surface area contributed by atoms with Gasteiger partial charge in [-0.2, -0.15) is 0 Å². The number of H-pyrrole nitrogens is 1. The lowest BCUT2D eigenvalue weighted by Gasteiger charge is -1.95. The zero-order valence-corrected chi connectivity index (χ0v) is 7.23. The zero-order chi connectivity index (χ0) is 8.72. The van der Waals surface area contributed by atoms with E-state index in [1.54, 1.807) is 12.1 Å². The first-order valence-electron chi connectivity index (χ1n) is 3.49. The Balaban J connectivity index is 2.97. The lowest BCUT2D eigenvalue weighted by Crippen LogP contribution is -1.89. The molecule has 0 bridgehead atoms. The van der Waals surface area contributed by atoms with E-state index < -0.39 is 0 Å². The van der Waals surface area contributed by atoms with E-state index >= 15 is 0 Å². The third kappa shape index (κ3) is 1.00. The van der Waals surface area contributed by atoms with Crippen molar-refractivity contribution in [2.75, 3.05) is 0 Å². The van der Waals surface area contributed by atoms with Gasteiger partial charge in [-0.3, -0.25) is 4.79 Å². The van der Waals surface area contributed by atoms with Gasteiger partial charge in [0.1, 0.15) is 5.75 Å². The second kappa shape index (κ2) is 2.35. The SMILES string of the molecule is Cc1cc(O)cc2[nH]c(=O)sc12. The predicted octanol–water partition coefficient (Wildman–Crippen LogP) is 1.60. The lowest BCUT2D eigenvalue weighted by molar-refractivity contribution is 0.475. The van der Waals surface area contributed by atoms with Gasteiger partial charge in [-0.15, -0.1) is 0 Å². The number of phenols is 1. The molecule has 0 radical (unpaired) electrons. The molecule has 0 aliphatic rings. The molecule has 1 aromatic carbocycles. The Morgan fingerprint density at radius 3 is 3.00 bits per heavy atom. The molecule has 0 saturated carbocycles. The van der Waals surface area contributed by atoms with Gasteiger partial charge in [0.2, 0.25) is 0 Å². The molecule has 0 aliphatic carbocycles. The molecule has 2 rings (SSSR count). The second-order valence-corrected chi connectivity index (χ2v) is 3.64. The Kier molecular flexibility index (Phi) is 1.44. The normalized spacial score (nSPS) is 10.8.